The van der Waals surface area contributed by atoms with Crippen molar-refractivity contribution in [3.8, 4) is 11.4 Å². The average molecular weight is 462 g/mol. The van der Waals surface area contributed by atoms with E-state index < -0.39 is 11.9 Å². The molecule has 4 rings (SSSR count). The Morgan fingerprint density at radius 1 is 1.31 bits per heavy atom. The molecule has 0 saturated carbocycles. The number of hydrogen-bond acceptors (Lipinski definition) is 6. The Hall–Kier alpha value is -2.98. The molecule has 0 bridgehead atoms. The van der Waals surface area contributed by atoms with Gasteiger partial charge in [-0.2, -0.15) is 9.49 Å². The molecule has 1 saturated heterocycles. The summed E-state index contributed by atoms with van der Waals surface area (Å²) in [7, 11) is 3.85. The van der Waals surface area contributed by atoms with Crippen LogP contribution in [-0.2, 0) is 0 Å². The van der Waals surface area contributed by atoms with Gasteiger partial charge in [0.25, 0.3) is 0 Å². The highest BCUT2D eigenvalue weighted by atomic mass is 35.5. The molecule has 1 aliphatic heterocycles. The Morgan fingerprint density at radius 3 is 2.88 bits per heavy atom. The molecule has 1 aliphatic rings. The fourth-order valence-corrected chi connectivity index (χ4v) is 4.14. The normalized spacial score (nSPS) is 16.7. The fraction of sp³-hybridized carbons (Fsp3) is 0.429. The number of piperidine rings is 1. The zero-order chi connectivity index (χ0) is 22.8. The third-order valence-corrected chi connectivity index (χ3v) is 5.88. The van der Waals surface area contributed by atoms with Crippen molar-refractivity contribution in [3.63, 3.8) is 0 Å². The highest BCUT2D eigenvalue weighted by Crippen LogP contribution is 2.31. The minimum Gasteiger partial charge on any atom is -0.465 e. The quantitative estimate of drug-likeness (QED) is 0.564. The molecular formula is C21H25ClFN7O2. The van der Waals surface area contributed by atoms with Crippen molar-refractivity contribution in [2.75, 3.05) is 45.2 Å². The monoisotopic (exact) mass is 461 g/mol. The van der Waals surface area contributed by atoms with Crippen LogP contribution in [0.1, 0.15) is 12.8 Å². The second-order valence-electron chi connectivity index (χ2n) is 8.09. The van der Waals surface area contributed by atoms with Crippen LogP contribution in [0.4, 0.5) is 15.0 Å². The molecule has 0 aromatic carbocycles. The lowest BCUT2D eigenvalue weighted by Crippen LogP contribution is -2.51. The zero-order valence-corrected chi connectivity index (χ0v) is 18.7. The summed E-state index contributed by atoms with van der Waals surface area (Å²) in [6.07, 6.45) is 3.87. The summed E-state index contributed by atoms with van der Waals surface area (Å²) >= 11 is 6.22. The highest BCUT2D eigenvalue weighted by Gasteiger charge is 2.31. The molecule has 170 valence electrons. The fourth-order valence-electron chi connectivity index (χ4n) is 3.98. The average Bonchev–Trinajstić information content (AvgIpc) is 3.20. The number of anilines is 1. The van der Waals surface area contributed by atoms with Gasteiger partial charge in [-0.15, -0.1) is 0 Å². The number of amides is 1. The predicted molar refractivity (Wildman–Crippen MR) is 120 cm³/mol. The van der Waals surface area contributed by atoms with E-state index in [0.717, 1.165) is 11.9 Å². The second-order valence-corrected chi connectivity index (χ2v) is 8.44. The van der Waals surface area contributed by atoms with Gasteiger partial charge in [0.2, 0.25) is 5.82 Å². The Labute approximate surface area is 190 Å². The van der Waals surface area contributed by atoms with Gasteiger partial charge < -0.3 is 19.8 Å². The number of fused-ring (bicyclic) bond motifs is 1. The predicted octanol–water partition coefficient (Wildman–Crippen LogP) is 3.09. The summed E-state index contributed by atoms with van der Waals surface area (Å²) in [6, 6.07) is 5.38. The van der Waals surface area contributed by atoms with E-state index in [1.54, 1.807) is 16.9 Å². The van der Waals surface area contributed by atoms with Gasteiger partial charge >= 0.3 is 6.09 Å². The smallest absolute Gasteiger partial charge is 0.407 e. The largest absolute Gasteiger partial charge is 0.465 e. The van der Waals surface area contributed by atoms with Crippen LogP contribution in [0.3, 0.4) is 0 Å². The van der Waals surface area contributed by atoms with Gasteiger partial charge in [-0.1, -0.05) is 17.7 Å². The van der Waals surface area contributed by atoms with Crippen molar-refractivity contribution in [2.24, 2.45) is 0 Å². The highest BCUT2D eigenvalue weighted by molar-refractivity contribution is 6.29. The number of carbonyl (C=O) groups is 1. The minimum atomic E-state index is -0.976. The molecule has 9 nitrogen and oxygen atoms in total. The molecule has 1 amide bonds. The van der Waals surface area contributed by atoms with Crippen molar-refractivity contribution < 1.29 is 14.3 Å². The van der Waals surface area contributed by atoms with E-state index in [4.69, 9.17) is 11.6 Å². The number of pyridine rings is 1. The van der Waals surface area contributed by atoms with Gasteiger partial charge in [-0.05, 0) is 39.1 Å². The van der Waals surface area contributed by atoms with E-state index in [1.807, 2.05) is 42.1 Å². The van der Waals surface area contributed by atoms with Gasteiger partial charge in [0.05, 0.1) is 17.3 Å². The number of carboxylic acid groups (broad SMARTS) is 1. The molecule has 3 aromatic rings. The molecule has 0 unspecified atom stereocenters. The number of rotatable bonds is 6. The first kappa shape index (κ1) is 22.2. The summed E-state index contributed by atoms with van der Waals surface area (Å²) in [5, 5.41) is 13.5. The number of likely N-dealkylation sites (tertiary alicyclic amines) is 1. The summed E-state index contributed by atoms with van der Waals surface area (Å²) in [5.74, 6) is -0.360. The van der Waals surface area contributed by atoms with Gasteiger partial charge in [0.15, 0.2) is 16.8 Å². The summed E-state index contributed by atoms with van der Waals surface area (Å²) in [5.41, 5.74) is 1.41. The first-order valence-corrected chi connectivity index (χ1v) is 10.8. The number of nitrogens with zero attached hydrogens (tertiary/aromatic N) is 7. The topological polar surface area (TPSA) is 90.1 Å². The number of halogens is 2. The van der Waals surface area contributed by atoms with E-state index in [9.17, 15) is 9.90 Å². The van der Waals surface area contributed by atoms with E-state index in [-0.39, 0.29) is 29.4 Å². The van der Waals surface area contributed by atoms with Crippen LogP contribution in [-0.4, -0.2) is 86.9 Å². The van der Waals surface area contributed by atoms with Crippen LogP contribution >= 0.6 is 11.6 Å². The van der Waals surface area contributed by atoms with Gasteiger partial charge in [0.1, 0.15) is 0 Å². The third-order valence-electron chi connectivity index (χ3n) is 5.63. The Balaban J connectivity index is 1.77. The maximum absolute atomic E-state index is 15.3. The zero-order valence-electron chi connectivity index (χ0n) is 17.9. The van der Waals surface area contributed by atoms with E-state index in [0.29, 0.717) is 31.6 Å². The minimum absolute atomic E-state index is 0.0781. The summed E-state index contributed by atoms with van der Waals surface area (Å²) in [4.78, 5) is 25.5. The standard InChI is InChI=1S/C21H25ClFN7O2/c1-27(2)10-11-29(14-6-5-8-28(13-14)21(31)32)20-17(23)18(22)25-19(26-20)15-12-24-30-9-4-3-7-16(15)30/h3-4,7,9,12,14H,5-6,8,10-11,13H2,1-2H3,(H,31,32)/t14-/m1/s1. The summed E-state index contributed by atoms with van der Waals surface area (Å²) < 4.78 is 16.9. The molecule has 32 heavy (non-hydrogen) atoms. The molecule has 3 aromatic heterocycles. The van der Waals surface area contributed by atoms with E-state index >= 15 is 4.39 Å². The Morgan fingerprint density at radius 2 is 2.12 bits per heavy atom. The van der Waals surface area contributed by atoms with Crippen LogP contribution in [0.5, 0.6) is 0 Å². The molecule has 0 radical (unpaired) electrons. The number of hydrogen-bond donors (Lipinski definition) is 1. The maximum atomic E-state index is 15.3. The lowest BCUT2D eigenvalue weighted by atomic mass is 10.0. The molecule has 0 spiro atoms. The van der Waals surface area contributed by atoms with Crippen molar-refractivity contribution >= 4 is 29.0 Å². The SMILES string of the molecule is CN(C)CCN(c1nc(-c2cnn3ccccc23)nc(Cl)c1F)[C@@H]1CCCN(C(=O)O)C1. The van der Waals surface area contributed by atoms with Gasteiger partial charge in [0, 0.05) is 38.4 Å². The molecule has 1 fully saturated rings. The van der Waals surface area contributed by atoms with Crippen LogP contribution in [0, 0.1) is 5.82 Å². The van der Waals surface area contributed by atoms with Gasteiger partial charge in [-0.3, -0.25) is 0 Å². The molecular weight excluding hydrogens is 437 g/mol. The number of aromatic nitrogens is 4. The van der Waals surface area contributed by atoms with Crippen LogP contribution < -0.4 is 4.90 Å². The van der Waals surface area contributed by atoms with Crippen LogP contribution in [0.25, 0.3) is 16.9 Å². The summed E-state index contributed by atoms with van der Waals surface area (Å²) in [6.45, 7) is 1.84. The molecule has 4 heterocycles. The van der Waals surface area contributed by atoms with Crippen molar-refractivity contribution in [1.29, 1.82) is 0 Å². The molecule has 1 N–H and O–H groups in total. The lowest BCUT2D eigenvalue weighted by Gasteiger charge is -2.39. The lowest BCUT2D eigenvalue weighted by molar-refractivity contribution is 0.129. The van der Waals surface area contributed by atoms with Crippen LogP contribution in [0.15, 0.2) is 30.6 Å². The Kier molecular flexibility index (Phi) is 6.43. The molecule has 0 aliphatic carbocycles. The van der Waals surface area contributed by atoms with E-state index in [2.05, 4.69) is 15.1 Å². The second kappa shape index (κ2) is 9.25. The third kappa shape index (κ3) is 4.46. The van der Waals surface area contributed by atoms with E-state index in [1.165, 1.54) is 4.90 Å². The Bertz CT molecular complexity index is 1120. The maximum Gasteiger partial charge on any atom is 0.407 e. The van der Waals surface area contributed by atoms with Crippen LogP contribution in [0.2, 0.25) is 5.15 Å². The number of likely N-dealkylation sites (N-methyl/N-ethyl adjacent to an activating group) is 1. The van der Waals surface area contributed by atoms with Crippen molar-refractivity contribution in [2.45, 2.75) is 18.9 Å². The molecule has 1 atom stereocenters. The molecule has 11 heteroatoms. The first-order chi connectivity index (χ1) is 15.3. The first-order valence-electron chi connectivity index (χ1n) is 10.4. The van der Waals surface area contributed by atoms with Crippen molar-refractivity contribution in [3.05, 3.63) is 41.6 Å². The van der Waals surface area contributed by atoms with Gasteiger partial charge in [-0.25, -0.2) is 19.3 Å². The van der Waals surface area contributed by atoms with Crippen molar-refractivity contribution in [1.82, 2.24) is 29.4 Å².